The zero-order valence-corrected chi connectivity index (χ0v) is 7.60. The molecule has 6 heteroatoms. The largest absolute Gasteiger partial charge is 0.357 e. The highest BCUT2D eigenvalue weighted by atomic mass is 32.2. The van der Waals surface area contributed by atoms with Crippen LogP contribution in [0.1, 0.15) is 5.56 Å². The maximum absolute atomic E-state index is 12.5. The molecule has 0 bridgehead atoms. The minimum atomic E-state index is -4.28. The standard InChI is InChI=1S/C7H8FNO3S/c1-5-4-6(8)2-3-7(5)9-13(10,11)12/h2-4,9H,1H3,(H,10,11,12). The van der Waals surface area contributed by atoms with Gasteiger partial charge in [0.15, 0.2) is 0 Å². The van der Waals surface area contributed by atoms with Gasteiger partial charge in [-0.15, -0.1) is 0 Å². The molecule has 72 valence electrons. The predicted octanol–water partition coefficient (Wildman–Crippen LogP) is 1.35. The van der Waals surface area contributed by atoms with E-state index in [1.165, 1.54) is 13.0 Å². The lowest BCUT2D eigenvalue weighted by Crippen LogP contribution is -2.11. The van der Waals surface area contributed by atoms with Crippen molar-refractivity contribution in [2.75, 3.05) is 4.72 Å². The van der Waals surface area contributed by atoms with Crippen LogP contribution in [-0.4, -0.2) is 13.0 Å². The first kappa shape index (κ1) is 9.94. The number of anilines is 1. The molecule has 0 radical (unpaired) electrons. The fraction of sp³-hybridized carbons (Fsp3) is 0.143. The minimum Gasteiger partial charge on any atom is -0.269 e. The smallest absolute Gasteiger partial charge is 0.269 e. The lowest BCUT2D eigenvalue weighted by atomic mass is 10.2. The van der Waals surface area contributed by atoms with E-state index in [-0.39, 0.29) is 5.69 Å². The first-order valence-electron chi connectivity index (χ1n) is 3.40. The molecule has 0 unspecified atom stereocenters. The first-order chi connectivity index (χ1) is 5.88. The topological polar surface area (TPSA) is 66.4 Å². The Morgan fingerprint density at radius 1 is 1.46 bits per heavy atom. The van der Waals surface area contributed by atoms with Crippen molar-refractivity contribution in [1.29, 1.82) is 0 Å². The molecule has 1 aromatic rings. The molecule has 0 amide bonds. The monoisotopic (exact) mass is 205 g/mol. The second kappa shape index (κ2) is 3.31. The van der Waals surface area contributed by atoms with Gasteiger partial charge in [0.25, 0.3) is 0 Å². The summed E-state index contributed by atoms with van der Waals surface area (Å²) in [4.78, 5) is 0. The molecule has 0 aliphatic heterocycles. The quantitative estimate of drug-likeness (QED) is 0.716. The third kappa shape index (κ3) is 3.00. The maximum atomic E-state index is 12.5. The van der Waals surface area contributed by atoms with Crippen molar-refractivity contribution in [2.45, 2.75) is 6.92 Å². The number of hydrogen-bond acceptors (Lipinski definition) is 2. The number of benzene rings is 1. The van der Waals surface area contributed by atoms with Crippen molar-refractivity contribution in [3.8, 4) is 0 Å². The SMILES string of the molecule is Cc1cc(F)ccc1NS(=O)(=O)O. The van der Waals surface area contributed by atoms with Crippen molar-refractivity contribution >= 4 is 16.0 Å². The highest BCUT2D eigenvalue weighted by Gasteiger charge is 2.06. The van der Waals surface area contributed by atoms with Crippen LogP contribution in [0, 0.1) is 12.7 Å². The van der Waals surface area contributed by atoms with Crippen LogP contribution in [0.15, 0.2) is 18.2 Å². The Morgan fingerprint density at radius 2 is 2.08 bits per heavy atom. The Hall–Kier alpha value is -1.14. The number of aryl methyl sites for hydroxylation is 1. The summed E-state index contributed by atoms with van der Waals surface area (Å²) in [6, 6.07) is 3.49. The summed E-state index contributed by atoms with van der Waals surface area (Å²) >= 11 is 0. The van der Waals surface area contributed by atoms with E-state index >= 15 is 0 Å². The van der Waals surface area contributed by atoms with Gasteiger partial charge in [-0.2, -0.15) is 8.42 Å². The van der Waals surface area contributed by atoms with Gasteiger partial charge in [0.05, 0.1) is 5.69 Å². The zero-order valence-electron chi connectivity index (χ0n) is 6.78. The number of hydrogen-bond donors (Lipinski definition) is 2. The molecule has 0 aromatic heterocycles. The van der Waals surface area contributed by atoms with Crippen LogP contribution in [0.4, 0.5) is 10.1 Å². The van der Waals surface area contributed by atoms with Gasteiger partial charge in [-0.05, 0) is 30.7 Å². The van der Waals surface area contributed by atoms with Crippen molar-refractivity contribution < 1.29 is 17.4 Å². The van der Waals surface area contributed by atoms with Crippen molar-refractivity contribution in [2.24, 2.45) is 0 Å². The van der Waals surface area contributed by atoms with E-state index in [0.717, 1.165) is 12.1 Å². The van der Waals surface area contributed by atoms with E-state index in [1.807, 2.05) is 4.72 Å². The third-order valence-corrected chi connectivity index (χ3v) is 1.91. The highest BCUT2D eigenvalue weighted by Crippen LogP contribution is 2.16. The van der Waals surface area contributed by atoms with Crippen LogP contribution in [0.5, 0.6) is 0 Å². The van der Waals surface area contributed by atoms with Crippen LogP contribution in [0.3, 0.4) is 0 Å². The van der Waals surface area contributed by atoms with Crippen LogP contribution in [0.2, 0.25) is 0 Å². The van der Waals surface area contributed by atoms with Gasteiger partial charge in [0, 0.05) is 0 Å². The fourth-order valence-electron chi connectivity index (χ4n) is 0.881. The summed E-state index contributed by atoms with van der Waals surface area (Å²) in [6.07, 6.45) is 0. The lowest BCUT2D eigenvalue weighted by Gasteiger charge is -2.05. The van der Waals surface area contributed by atoms with Gasteiger partial charge in [-0.3, -0.25) is 9.27 Å². The Labute approximate surface area is 75.3 Å². The van der Waals surface area contributed by atoms with E-state index < -0.39 is 16.1 Å². The summed E-state index contributed by atoms with van der Waals surface area (Å²) in [6.45, 7) is 1.52. The van der Waals surface area contributed by atoms with Crippen LogP contribution < -0.4 is 4.72 Å². The molecule has 0 saturated heterocycles. The Kier molecular flexibility index (Phi) is 2.53. The average molecular weight is 205 g/mol. The summed E-state index contributed by atoms with van der Waals surface area (Å²) in [5, 5.41) is 0. The van der Waals surface area contributed by atoms with E-state index in [9.17, 15) is 12.8 Å². The molecule has 1 rings (SSSR count). The van der Waals surface area contributed by atoms with Gasteiger partial charge >= 0.3 is 10.3 Å². The molecule has 0 fully saturated rings. The first-order valence-corrected chi connectivity index (χ1v) is 4.84. The van der Waals surface area contributed by atoms with Crippen molar-refractivity contribution in [3.05, 3.63) is 29.6 Å². The van der Waals surface area contributed by atoms with Gasteiger partial charge in [0.1, 0.15) is 5.82 Å². The maximum Gasteiger partial charge on any atom is 0.357 e. The molecular weight excluding hydrogens is 197 g/mol. The molecule has 1 aromatic carbocycles. The summed E-state index contributed by atoms with van der Waals surface area (Å²) in [5.74, 6) is -0.460. The van der Waals surface area contributed by atoms with Gasteiger partial charge < -0.3 is 0 Å². The molecule has 0 heterocycles. The number of halogens is 1. The minimum absolute atomic E-state index is 0.156. The van der Waals surface area contributed by atoms with Gasteiger partial charge in [0.2, 0.25) is 0 Å². The number of nitrogens with one attached hydrogen (secondary N) is 1. The molecule has 0 saturated carbocycles. The number of rotatable bonds is 2. The summed E-state index contributed by atoms with van der Waals surface area (Å²) in [7, 11) is -4.28. The Balaban J connectivity index is 3.04. The molecule has 2 N–H and O–H groups in total. The normalized spacial score (nSPS) is 11.3. The molecule has 0 aliphatic carbocycles. The molecule has 0 atom stereocenters. The van der Waals surface area contributed by atoms with Gasteiger partial charge in [-0.1, -0.05) is 0 Å². The average Bonchev–Trinajstić information content (AvgIpc) is 1.93. The van der Waals surface area contributed by atoms with Crippen molar-refractivity contribution in [3.63, 3.8) is 0 Å². The molecule has 13 heavy (non-hydrogen) atoms. The Morgan fingerprint density at radius 3 is 2.54 bits per heavy atom. The Bertz CT molecular complexity index is 416. The van der Waals surface area contributed by atoms with Crippen LogP contribution in [-0.2, 0) is 10.3 Å². The van der Waals surface area contributed by atoms with Crippen molar-refractivity contribution in [1.82, 2.24) is 0 Å². The van der Waals surface area contributed by atoms with E-state index in [1.54, 1.807) is 0 Å². The fourth-order valence-corrected chi connectivity index (χ4v) is 1.39. The van der Waals surface area contributed by atoms with Crippen LogP contribution >= 0.6 is 0 Å². The van der Waals surface area contributed by atoms with E-state index in [4.69, 9.17) is 4.55 Å². The lowest BCUT2D eigenvalue weighted by molar-refractivity contribution is 0.489. The second-order valence-corrected chi connectivity index (χ2v) is 3.69. The summed E-state index contributed by atoms with van der Waals surface area (Å²) in [5.41, 5.74) is 0.557. The van der Waals surface area contributed by atoms with E-state index in [2.05, 4.69) is 0 Å². The highest BCUT2D eigenvalue weighted by molar-refractivity contribution is 7.87. The predicted molar refractivity (Wildman–Crippen MR) is 46.3 cm³/mol. The summed E-state index contributed by atoms with van der Waals surface area (Å²) < 4.78 is 43.6. The van der Waals surface area contributed by atoms with Crippen LogP contribution in [0.25, 0.3) is 0 Å². The third-order valence-electron chi connectivity index (χ3n) is 1.43. The van der Waals surface area contributed by atoms with E-state index in [0.29, 0.717) is 5.56 Å². The molecule has 0 aliphatic rings. The van der Waals surface area contributed by atoms with Gasteiger partial charge in [-0.25, -0.2) is 4.39 Å². The second-order valence-electron chi connectivity index (χ2n) is 2.54. The molecular formula is C7H8FNO3S. The molecule has 4 nitrogen and oxygen atoms in total. The molecule has 0 spiro atoms. The zero-order chi connectivity index (χ0) is 10.1.